The van der Waals surface area contributed by atoms with Crippen molar-refractivity contribution < 1.29 is 18.7 Å². The lowest BCUT2D eigenvalue weighted by atomic mass is 10.0. The van der Waals surface area contributed by atoms with Crippen LogP contribution in [-0.2, 0) is 28.9 Å². The molecule has 28 heavy (non-hydrogen) atoms. The van der Waals surface area contributed by atoms with E-state index in [9.17, 15) is 9.59 Å². The third-order valence-corrected chi connectivity index (χ3v) is 6.04. The van der Waals surface area contributed by atoms with E-state index in [2.05, 4.69) is 22.4 Å². The smallest absolute Gasteiger partial charge is 0.340 e. The topological polar surface area (TPSA) is 69.0 Å². The Balaban J connectivity index is 1.66. The van der Waals surface area contributed by atoms with Crippen LogP contribution in [0.1, 0.15) is 21.6 Å². The third kappa shape index (κ3) is 3.55. The summed E-state index contributed by atoms with van der Waals surface area (Å²) in [5.41, 5.74) is 1.99. The van der Waals surface area contributed by atoms with Gasteiger partial charge in [-0.25, -0.2) is 4.79 Å². The maximum atomic E-state index is 12.5. The molecule has 0 spiro atoms. The molecule has 0 unspecified atom stereocenters. The first kappa shape index (κ1) is 18.7. The van der Waals surface area contributed by atoms with Crippen LogP contribution in [0.25, 0.3) is 11.0 Å². The minimum atomic E-state index is -0.500. The van der Waals surface area contributed by atoms with Crippen molar-refractivity contribution in [2.24, 2.45) is 0 Å². The van der Waals surface area contributed by atoms with Gasteiger partial charge < -0.3 is 13.9 Å². The Morgan fingerprint density at radius 1 is 1.32 bits per heavy atom. The van der Waals surface area contributed by atoms with E-state index >= 15 is 0 Å². The molecular formula is C21H21NO5S. The normalized spacial score (nSPS) is 13.9. The second kappa shape index (κ2) is 7.77. The van der Waals surface area contributed by atoms with E-state index in [1.807, 2.05) is 19.1 Å². The first-order valence-electron chi connectivity index (χ1n) is 9.09. The van der Waals surface area contributed by atoms with Crippen LogP contribution >= 0.6 is 11.3 Å². The number of carbonyl (C=O) groups excluding carboxylic acids is 1. The number of benzene rings is 1. The first-order chi connectivity index (χ1) is 13.6. The summed E-state index contributed by atoms with van der Waals surface area (Å²) in [5, 5.41) is 2.90. The zero-order valence-corrected chi connectivity index (χ0v) is 16.6. The molecule has 3 heterocycles. The molecule has 2 aromatic heterocycles. The van der Waals surface area contributed by atoms with Crippen LogP contribution in [0, 0.1) is 6.92 Å². The average molecular weight is 399 g/mol. The van der Waals surface area contributed by atoms with Crippen LogP contribution in [-0.4, -0.2) is 31.3 Å². The highest BCUT2D eigenvalue weighted by molar-refractivity contribution is 7.09. The summed E-state index contributed by atoms with van der Waals surface area (Å²) >= 11 is 1.75. The molecule has 1 aromatic carbocycles. The van der Waals surface area contributed by atoms with Crippen molar-refractivity contribution in [1.82, 2.24) is 4.90 Å². The van der Waals surface area contributed by atoms with E-state index in [-0.39, 0.29) is 6.42 Å². The van der Waals surface area contributed by atoms with Gasteiger partial charge in [0.15, 0.2) is 0 Å². The SMILES string of the molecule is COC(=O)Cc1c(C)c2ccc3c(c2oc1=O)CN(CCc1cccs1)CO3. The molecule has 0 saturated carbocycles. The van der Waals surface area contributed by atoms with Crippen LogP contribution in [0.4, 0.5) is 0 Å². The predicted octanol–water partition coefficient (Wildman–Crippen LogP) is 3.27. The molecule has 0 bridgehead atoms. The summed E-state index contributed by atoms with van der Waals surface area (Å²) in [4.78, 5) is 27.7. The molecule has 6 nitrogen and oxygen atoms in total. The molecule has 0 amide bonds. The summed E-state index contributed by atoms with van der Waals surface area (Å²) < 4.78 is 16.2. The number of methoxy groups -OCH3 is 1. The molecular weight excluding hydrogens is 378 g/mol. The minimum Gasteiger partial charge on any atom is -0.478 e. The largest absolute Gasteiger partial charge is 0.478 e. The number of nitrogens with zero attached hydrogens (tertiary/aromatic N) is 1. The van der Waals surface area contributed by atoms with Crippen LogP contribution in [0.2, 0.25) is 0 Å². The van der Waals surface area contributed by atoms with Crippen molar-refractivity contribution in [2.75, 3.05) is 20.4 Å². The number of hydrogen-bond donors (Lipinski definition) is 0. The lowest BCUT2D eigenvalue weighted by Crippen LogP contribution is -2.33. The van der Waals surface area contributed by atoms with E-state index in [0.717, 1.165) is 35.2 Å². The highest BCUT2D eigenvalue weighted by Gasteiger charge is 2.24. The minimum absolute atomic E-state index is 0.0961. The zero-order chi connectivity index (χ0) is 19.7. The van der Waals surface area contributed by atoms with Gasteiger partial charge in [0.05, 0.1) is 24.7 Å². The maximum absolute atomic E-state index is 12.5. The molecule has 4 rings (SSSR count). The summed E-state index contributed by atoms with van der Waals surface area (Å²) in [6, 6.07) is 7.97. The van der Waals surface area contributed by atoms with Crippen LogP contribution in [0.15, 0.2) is 38.9 Å². The number of ether oxygens (including phenoxy) is 2. The van der Waals surface area contributed by atoms with Gasteiger partial charge in [0.1, 0.15) is 18.1 Å². The van der Waals surface area contributed by atoms with Crippen molar-refractivity contribution in [2.45, 2.75) is 26.3 Å². The van der Waals surface area contributed by atoms with Crippen LogP contribution in [0.3, 0.4) is 0 Å². The highest BCUT2D eigenvalue weighted by atomic mass is 32.1. The lowest BCUT2D eigenvalue weighted by Gasteiger charge is -2.29. The molecule has 1 aliphatic heterocycles. The van der Waals surface area contributed by atoms with Gasteiger partial charge in [-0.1, -0.05) is 6.07 Å². The van der Waals surface area contributed by atoms with E-state index in [1.54, 1.807) is 11.3 Å². The van der Waals surface area contributed by atoms with Crippen LogP contribution < -0.4 is 10.4 Å². The first-order valence-corrected chi connectivity index (χ1v) is 9.97. The third-order valence-electron chi connectivity index (χ3n) is 5.10. The second-order valence-electron chi connectivity index (χ2n) is 6.82. The Bertz CT molecular complexity index is 1070. The average Bonchev–Trinajstić information content (AvgIpc) is 3.22. The van der Waals surface area contributed by atoms with Gasteiger partial charge in [-0.3, -0.25) is 9.69 Å². The van der Waals surface area contributed by atoms with Gasteiger partial charge in [0.25, 0.3) is 0 Å². The molecule has 3 aromatic rings. The van der Waals surface area contributed by atoms with Gasteiger partial charge in [-0.15, -0.1) is 11.3 Å². The fourth-order valence-electron chi connectivity index (χ4n) is 3.49. The Morgan fingerprint density at radius 2 is 2.18 bits per heavy atom. The van der Waals surface area contributed by atoms with Crippen molar-refractivity contribution in [3.8, 4) is 5.75 Å². The summed E-state index contributed by atoms with van der Waals surface area (Å²) in [5.74, 6) is 0.277. The Labute approximate surface area is 166 Å². The maximum Gasteiger partial charge on any atom is 0.340 e. The number of hydrogen-bond acceptors (Lipinski definition) is 7. The molecule has 0 fully saturated rings. The number of fused-ring (bicyclic) bond motifs is 3. The van der Waals surface area contributed by atoms with Gasteiger partial charge in [0, 0.05) is 23.4 Å². The number of thiophene rings is 1. The molecule has 1 aliphatic rings. The Hall–Kier alpha value is -2.64. The van der Waals surface area contributed by atoms with E-state index in [1.165, 1.54) is 12.0 Å². The zero-order valence-electron chi connectivity index (χ0n) is 15.8. The molecule has 0 saturated heterocycles. The number of rotatable bonds is 5. The Morgan fingerprint density at radius 3 is 2.93 bits per heavy atom. The number of aryl methyl sites for hydroxylation is 1. The van der Waals surface area contributed by atoms with Gasteiger partial charge in [0.2, 0.25) is 0 Å². The molecule has 146 valence electrons. The highest BCUT2D eigenvalue weighted by Crippen LogP contribution is 2.33. The van der Waals surface area contributed by atoms with Gasteiger partial charge in [-0.05, 0) is 42.5 Å². The number of esters is 1. The summed E-state index contributed by atoms with van der Waals surface area (Å²) in [6.45, 7) is 3.85. The molecule has 0 radical (unpaired) electrons. The second-order valence-corrected chi connectivity index (χ2v) is 7.85. The molecule has 0 N–H and O–H groups in total. The fourth-order valence-corrected chi connectivity index (χ4v) is 4.19. The molecule has 0 atom stereocenters. The predicted molar refractivity (Wildman–Crippen MR) is 107 cm³/mol. The Kier molecular flexibility index (Phi) is 5.19. The summed E-state index contributed by atoms with van der Waals surface area (Å²) in [6.07, 6.45) is 0.856. The van der Waals surface area contributed by atoms with Gasteiger partial charge in [-0.2, -0.15) is 0 Å². The molecule has 0 aliphatic carbocycles. The van der Waals surface area contributed by atoms with E-state index in [4.69, 9.17) is 13.9 Å². The van der Waals surface area contributed by atoms with Crippen molar-refractivity contribution >= 4 is 28.3 Å². The van der Waals surface area contributed by atoms with Crippen molar-refractivity contribution in [3.05, 3.63) is 61.6 Å². The van der Waals surface area contributed by atoms with Crippen molar-refractivity contribution in [1.29, 1.82) is 0 Å². The quantitative estimate of drug-likeness (QED) is 0.485. The molecule has 7 heteroatoms. The van der Waals surface area contributed by atoms with Crippen LogP contribution in [0.5, 0.6) is 5.75 Å². The van der Waals surface area contributed by atoms with Crippen molar-refractivity contribution in [3.63, 3.8) is 0 Å². The standard InChI is InChI=1S/C21H21NO5S/c1-13-15-5-6-18-17(20(15)27-21(24)16(13)10-19(23)25-2)11-22(12-26-18)8-7-14-4-3-9-28-14/h3-6,9H,7-8,10-12H2,1-2H3. The van der Waals surface area contributed by atoms with E-state index < -0.39 is 11.6 Å². The monoisotopic (exact) mass is 399 g/mol. The number of carbonyl (C=O) groups is 1. The van der Waals surface area contributed by atoms with Gasteiger partial charge >= 0.3 is 11.6 Å². The summed E-state index contributed by atoms with van der Waals surface area (Å²) in [7, 11) is 1.30. The fraction of sp³-hybridized carbons (Fsp3) is 0.333. The van der Waals surface area contributed by atoms with E-state index in [0.29, 0.717) is 24.4 Å². The lowest BCUT2D eigenvalue weighted by molar-refractivity contribution is -0.139.